The average Bonchev–Trinajstić information content (AvgIpc) is 2.26. The lowest BCUT2D eigenvalue weighted by Gasteiger charge is -2.16. The second-order valence-corrected chi connectivity index (χ2v) is 4.19. The van der Waals surface area contributed by atoms with Gasteiger partial charge in [-0.1, -0.05) is 0 Å². The molecule has 0 saturated carbocycles. The molecule has 0 spiro atoms. The van der Waals surface area contributed by atoms with Crippen molar-refractivity contribution in [3.8, 4) is 0 Å². The van der Waals surface area contributed by atoms with Crippen LogP contribution in [0.1, 0.15) is 13.8 Å². The largest absolute Gasteiger partial charge is 0.357 e. The van der Waals surface area contributed by atoms with E-state index in [1.54, 1.807) is 0 Å². The molecule has 82 valence electrons. The molecule has 0 aromatic carbocycles. The standard InChI is InChI=1S/C14H15NO/c1-10-8-13(9-11(2)14(10)16)12-4-6-15(3)7-5-12/h4-9H,1-3H3. The van der Waals surface area contributed by atoms with Crippen molar-refractivity contribution < 1.29 is 4.79 Å². The average molecular weight is 213 g/mol. The second kappa shape index (κ2) is 3.97. The Kier molecular flexibility index (Phi) is 2.65. The Hall–Kier alpha value is -1.83. The van der Waals surface area contributed by atoms with Crippen molar-refractivity contribution in [2.24, 2.45) is 0 Å². The molecule has 0 atom stereocenters. The van der Waals surface area contributed by atoms with Crippen molar-refractivity contribution >= 4 is 5.78 Å². The predicted molar refractivity (Wildman–Crippen MR) is 65.6 cm³/mol. The highest BCUT2D eigenvalue weighted by atomic mass is 16.1. The van der Waals surface area contributed by atoms with Crippen LogP contribution in [0.4, 0.5) is 0 Å². The lowest BCUT2D eigenvalue weighted by molar-refractivity contribution is -0.112. The quantitative estimate of drug-likeness (QED) is 0.616. The fourth-order valence-electron chi connectivity index (χ4n) is 1.81. The monoisotopic (exact) mass is 213 g/mol. The molecule has 0 aromatic heterocycles. The Morgan fingerprint density at radius 2 is 1.44 bits per heavy atom. The van der Waals surface area contributed by atoms with Gasteiger partial charge in [-0.15, -0.1) is 0 Å². The molecule has 2 aliphatic rings. The van der Waals surface area contributed by atoms with Crippen LogP contribution in [0.5, 0.6) is 0 Å². The molecule has 1 aliphatic heterocycles. The zero-order valence-electron chi connectivity index (χ0n) is 9.82. The third kappa shape index (κ3) is 1.91. The number of hydrogen-bond acceptors (Lipinski definition) is 2. The Bertz CT molecular complexity index is 447. The lowest BCUT2D eigenvalue weighted by atomic mass is 9.92. The van der Waals surface area contributed by atoms with Crippen molar-refractivity contribution in [2.45, 2.75) is 13.8 Å². The smallest absolute Gasteiger partial charge is 0.184 e. The molecular weight excluding hydrogens is 198 g/mol. The zero-order chi connectivity index (χ0) is 11.7. The molecule has 16 heavy (non-hydrogen) atoms. The number of hydrogen-bond donors (Lipinski definition) is 0. The lowest BCUT2D eigenvalue weighted by Crippen LogP contribution is -2.08. The molecule has 1 aliphatic carbocycles. The van der Waals surface area contributed by atoms with E-state index >= 15 is 0 Å². The van der Waals surface area contributed by atoms with Crippen LogP contribution in [0, 0.1) is 0 Å². The number of ketones is 1. The van der Waals surface area contributed by atoms with Crippen molar-refractivity contribution in [2.75, 3.05) is 7.05 Å². The van der Waals surface area contributed by atoms with Crippen LogP contribution in [0.15, 0.2) is 59.0 Å². The van der Waals surface area contributed by atoms with Gasteiger partial charge in [0.05, 0.1) is 0 Å². The van der Waals surface area contributed by atoms with Crippen LogP contribution in [-0.4, -0.2) is 17.7 Å². The number of Topliss-reactive ketones (excluding diaryl/α,β-unsaturated/α-hetero) is 1. The summed E-state index contributed by atoms with van der Waals surface area (Å²) in [6.45, 7) is 3.73. The van der Waals surface area contributed by atoms with Crippen molar-refractivity contribution in [1.29, 1.82) is 0 Å². The van der Waals surface area contributed by atoms with Crippen LogP contribution in [0.25, 0.3) is 0 Å². The van der Waals surface area contributed by atoms with Crippen LogP contribution < -0.4 is 0 Å². The summed E-state index contributed by atoms with van der Waals surface area (Å²) in [5.41, 5.74) is 3.87. The first-order chi connectivity index (χ1) is 7.58. The fourth-order valence-corrected chi connectivity index (χ4v) is 1.81. The number of carbonyl (C=O) groups is 1. The molecule has 2 nitrogen and oxygen atoms in total. The summed E-state index contributed by atoms with van der Waals surface area (Å²) < 4.78 is 0. The van der Waals surface area contributed by atoms with E-state index in [0.29, 0.717) is 0 Å². The third-order valence-corrected chi connectivity index (χ3v) is 2.77. The topological polar surface area (TPSA) is 20.3 Å². The molecule has 1 heterocycles. The highest BCUT2D eigenvalue weighted by Gasteiger charge is 2.14. The maximum absolute atomic E-state index is 11.6. The van der Waals surface area contributed by atoms with E-state index in [1.807, 2.05) is 50.3 Å². The molecule has 0 aromatic rings. The minimum atomic E-state index is 0.144. The van der Waals surface area contributed by atoms with Crippen LogP contribution in [-0.2, 0) is 4.79 Å². The van der Waals surface area contributed by atoms with Crippen LogP contribution in [0.2, 0.25) is 0 Å². The van der Waals surface area contributed by atoms with Gasteiger partial charge in [-0.25, -0.2) is 0 Å². The van der Waals surface area contributed by atoms with E-state index in [1.165, 1.54) is 0 Å². The summed E-state index contributed by atoms with van der Waals surface area (Å²) in [5, 5.41) is 0. The van der Waals surface area contributed by atoms with Gasteiger partial charge in [0.1, 0.15) is 0 Å². The summed E-state index contributed by atoms with van der Waals surface area (Å²) in [4.78, 5) is 13.6. The second-order valence-electron chi connectivity index (χ2n) is 4.19. The number of allylic oxidation sites excluding steroid dienone is 8. The molecule has 0 amide bonds. The van der Waals surface area contributed by atoms with Gasteiger partial charge >= 0.3 is 0 Å². The van der Waals surface area contributed by atoms with Gasteiger partial charge in [0, 0.05) is 19.4 Å². The Morgan fingerprint density at radius 3 is 1.94 bits per heavy atom. The van der Waals surface area contributed by atoms with Crippen molar-refractivity contribution in [3.63, 3.8) is 0 Å². The van der Waals surface area contributed by atoms with Crippen LogP contribution in [0.3, 0.4) is 0 Å². The Labute approximate surface area is 95.9 Å². The first kappa shape index (κ1) is 10.7. The number of nitrogens with zero attached hydrogens (tertiary/aromatic N) is 1. The minimum absolute atomic E-state index is 0.144. The molecule has 0 saturated heterocycles. The number of rotatable bonds is 0. The molecule has 0 bridgehead atoms. The molecule has 0 radical (unpaired) electrons. The molecule has 2 rings (SSSR count). The fraction of sp³-hybridized carbons (Fsp3) is 0.214. The first-order valence-corrected chi connectivity index (χ1v) is 5.32. The summed E-state index contributed by atoms with van der Waals surface area (Å²) >= 11 is 0. The van der Waals surface area contributed by atoms with E-state index in [4.69, 9.17) is 0 Å². The van der Waals surface area contributed by atoms with Gasteiger partial charge in [-0.2, -0.15) is 0 Å². The van der Waals surface area contributed by atoms with E-state index in [0.717, 1.165) is 22.3 Å². The van der Waals surface area contributed by atoms with Crippen LogP contribution >= 0.6 is 0 Å². The van der Waals surface area contributed by atoms with Gasteiger partial charge in [0.15, 0.2) is 5.78 Å². The molecule has 0 N–H and O–H groups in total. The first-order valence-electron chi connectivity index (χ1n) is 5.32. The number of carbonyl (C=O) groups excluding carboxylic acids is 1. The Morgan fingerprint density at radius 1 is 0.938 bits per heavy atom. The maximum Gasteiger partial charge on any atom is 0.184 e. The molecule has 2 heteroatoms. The van der Waals surface area contributed by atoms with Gasteiger partial charge in [-0.3, -0.25) is 4.79 Å². The Balaban J connectivity index is 2.43. The van der Waals surface area contributed by atoms with E-state index in [9.17, 15) is 4.79 Å². The van der Waals surface area contributed by atoms with Crippen molar-refractivity contribution in [1.82, 2.24) is 4.90 Å². The predicted octanol–water partition coefficient (Wildman–Crippen LogP) is 2.73. The van der Waals surface area contributed by atoms with Crippen molar-refractivity contribution in [3.05, 3.63) is 59.0 Å². The van der Waals surface area contributed by atoms with Gasteiger partial charge in [0.25, 0.3) is 0 Å². The highest BCUT2D eigenvalue weighted by Crippen LogP contribution is 2.23. The summed E-state index contributed by atoms with van der Waals surface area (Å²) in [5.74, 6) is 0.144. The summed E-state index contributed by atoms with van der Waals surface area (Å²) in [6.07, 6.45) is 12.0. The molecule has 0 unspecified atom stereocenters. The molecular formula is C14H15NO. The van der Waals surface area contributed by atoms with Gasteiger partial charge < -0.3 is 4.90 Å². The maximum atomic E-state index is 11.6. The van der Waals surface area contributed by atoms with Gasteiger partial charge in [-0.05, 0) is 60.4 Å². The van der Waals surface area contributed by atoms with E-state index in [2.05, 4.69) is 12.2 Å². The summed E-state index contributed by atoms with van der Waals surface area (Å²) in [7, 11) is 1.99. The highest BCUT2D eigenvalue weighted by molar-refractivity contribution is 6.09. The minimum Gasteiger partial charge on any atom is -0.357 e. The summed E-state index contributed by atoms with van der Waals surface area (Å²) in [6, 6.07) is 0. The zero-order valence-corrected chi connectivity index (χ0v) is 9.82. The third-order valence-electron chi connectivity index (χ3n) is 2.77. The van der Waals surface area contributed by atoms with E-state index in [-0.39, 0.29) is 5.78 Å². The van der Waals surface area contributed by atoms with E-state index < -0.39 is 0 Å². The molecule has 0 fully saturated rings. The SMILES string of the molecule is CC1=CC(=C2C=CN(C)C=C2)C=C(C)C1=O. The normalized spacial score (nSPS) is 20.2. The van der Waals surface area contributed by atoms with Gasteiger partial charge in [0.2, 0.25) is 0 Å².